The summed E-state index contributed by atoms with van der Waals surface area (Å²) in [5.41, 5.74) is 2.20. The number of hydrogen-bond acceptors (Lipinski definition) is 4. The van der Waals surface area contributed by atoms with Crippen LogP contribution >= 0.6 is 0 Å². The molecule has 2 heterocycles. The van der Waals surface area contributed by atoms with Gasteiger partial charge in [0.2, 0.25) is 0 Å². The van der Waals surface area contributed by atoms with Crippen LogP contribution in [0.1, 0.15) is 33.0 Å². The minimum atomic E-state index is -1.04. The number of aryl methyl sites for hydroxylation is 2. The Bertz CT molecular complexity index is 718. The molecule has 2 aromatic rings. The highest BCUT2D eigenvalue weighted by Gasteiger charge is 2.16. The number of aromatic nitrogens is 3. The van der Waals surface area contributed by atoms with Gasteiger partial charge in [-0.05, 0) is 26.3 Å². The van der Waals surface area contributed by atoms with E-state index >= 15 is 0 Å². The van der Waals surface area contributed by atoms with Gasteiger partial charge in [0.15, 0.2) is 0 Å². The molecule has 0 saturated carbocycles. The molecule has 20 heavy (non-hydrogen) atoms. The Labute approximate surface area is 115 Å². The van der Waals surface area contributed by atoms with Crippen LogP contribution in [-0.2, 0) is 6.54 Å². The molecule has 1 N–H and O–H groups in total. The van der Waals surface area contributed by atoms with Crippen LogP contribution in [0.15, 0.2) is 23.3 Å². The number of aromatic carboxylic acids is 1. The molecule has 2 aromatic heterocycles. The van der Waals surface area contributed by atoms with Gasteiger partial charge in [-0.2, -0.15) is 0 Å². The summed E-state index contributed by atoms with van der Waals surface area (Å²) in [6, 6.07) is 1.33. The van der Waals surface area contributed by atoms with Crippen molar-refractivity contribution < 1.29 is 9.90 Å². The molecule has 0 aliphatic rings. The van der Waals surface area contributed by atoms with E-state index in [9.17, 15) is 14.7 Å². The average Bonchev–Trinajstić information content (AvgIpc) is 2.36. The molecular weight excluding hydrogens is 258 g/mol. The van der Waals surface area contributed by atoms with Crippen molar-refractivity contribution in [3.8, 4) is 0 Å². The first-order valence-corrected chi connectivity index (χ1v) is 6.12. The van der Waals surface area contributed by atoms with Crippen LogP contribution in [0.2, 0.25) is 0 Å². The van der Waals surface area contributed by atoms with Crippen molar-refractivity contribution in [2.75, 3.05) is 0 Å². The third-order valence-electron chi connectivity index (χ3n) is 3.14. The number of hydrogen-bond donors (Lipinski definition) is 1. The van der Waals surface area contributed by atoms with Gasteiger partial charge in [0.1, 0.15) is 0 Å². The Hall–Kier alpha value is -2.50. The third kappa shape index (κ3) is 2.59. The molecule has 0 atom stereocenters. The molecule has 2 rings (SSSR count). The van der Waals surface area contributed by atoms with Crippen molar-refractivity contribution in [3.05, 3.63) is 57.0 Å². The maximum atomic E-state index is 12.0. The molecule has 0 fully saturated rings. The van der Waals surface area contributed by atoms with E-state index in [1.54, 1.807) is 26.2 Å². The fourth-order valence-electron chi connectivity index (χ4n) is 2.10. The SMILES string of the molecule is Cc1cnc(Cn2c(C)c(C(=O)O)c(C)cc2=O)cn1. The van der Waals surface area contributed by atoms with Gasteiger partial charge in [-0.3, -0.25) is 14.8 Å². The van der Waals surface area contributed by atoms with Crippen LogP contribution in [0, 0.1) is 20.8 Å². The van der Waals surface area contributed by atoms with E-state index in [0.29, 0.717) is 17.0 Å². The summed E-state index contributed by atoms with van der Waals surface area (Å²) in [7, 11) is 0. The van der Waals surface area contributed by atoms with Gasteiger partial charge in [-0.25, -0.2) is 4.79 Å². The van der Waals surface area contributed by atoms with Crippen molar-refractivity contribution in [1.82, 2.24) is 14.5 Å². The van der Waals surface area contributed by atoms with Crippen molar-refractivity contribution in [3.63, 3.8) is 0 Å². The molecule has 0 bridgehead atoms. The van der Waals surface area contributed by atoms with Gasteiger partial charge in [-0.1, -0.05) is 0 Å². The summed E-state index contributed by atoms with van der Waals surface area (Å²) < 4.78 is 1.40. The number of rotatable bonds is 3. The van der Waals surface area contributed by atoms with Crippen LogP contribution in [0.3, 0.4) is 0 Å². The standard InChI is InChI=1S/C14H15N3O3/c1-8-4-12(18)17(10(3)13(8)14(19)20)7-11-6-15-9(2)5-16-11/h4-6H,7H2,1-3H3,(H,19,20). The largest absolute Gasteiger partial charge is 0.478 e. The molecule has 104 valence electrons. The number of pyridine rings is 1. The summed E-state index contributed by atoms with van der Waals surface area (Å²) in [6.07, 6.45) is 3.20. The molecule has 0 amide bonds. The first kappa shape index (κ1) is 13.9. The van der Waals surface area contributed by atoms with Gasteiger partial charge in [0.05, 0.1) is 29.7 Å². The molecule has 6 nitrogen and oxygen atoms in total. The minimum absolute atomic E-state index is 0.157. The smallest absolute Gasteiger partial charge is 0.337 e. The van der Waals surface area contributed by atoms with Gasteiger partial charge in [-0.15, -0.1) is 0 Å². The summed E-state index contributed by atoms with van der Waals surface area (Å²) in [4.78, 5) is 31.6. The first-order chi connectivity index (χ1) is 9.40. The van der Waals surface area contributed by atoms with Crippen LogP contribution in [0.5, 0.6) is 0 Å². The minimum Gasteiger partial charge on any atom is -0.478 e. The number of carboxylic acid groups (broad SMARTS) is 1. The van der Waals surface area contributed by atoms with Crippen molar-refractivity contribution >= 4 is 5.97 Å². The Balaban J connectivity index is 2.52. The first-order valence-electron chi connectivity index (χ1n) is 6.12. The summed E-state index contributed by atoms with van der Waals surface area (Å²) >= 11 is 0. The summed E-state index contributed by atoms with van der Waals surface area (Å²) in [6.45, 7) is 5.27. The monoisotopic (exact) mass is 273 g/mol. The number of nitrogens with zero attached hydrogens (tertiary/aromatic N) is 3. The molecule has 0 unspecified atom stereocenters. The Kier molecular flexibility index (Phi) is 3.65. The molecule has 6 heteroatoms. The Morgan fingerprint density at radius 1 is 1.25 bits per heavy atom. The Morgan fingerprint density at radius 2 is 1.95 bits per heavy atom. The predicted molar refractivity (Wildman–Crippen MR) is 73.0 cm³/mol. The quantitative estimate of drug-likeness (QED) is 0.911. The van der Waals surface area contributed by atoms with Crippen LogP contribution < -0.4 is 5.56 Å². The normalized spacial score (nSPS) is 10.6. The van der Waals surface area contributed by atoms with Gasteiger partial charge >= 0.3 is 5.97 Å². The summed E-state index contributed by atoms with van der Waals surface area (Å²) in [5.74, 6) is -1.04. The van der Waals surface area contributed by atoms with Crippen molar-refractivity contribution in [2.45, 2.75) is 27.3 Å². The van der Waals surface area contributed by atoms with Crippen LogP contribution in [0.4, 0.5) is 0 Å². The molecule has 0 aromatic carbocycles. The lowest BCUT2D eigenvalue weighted by Crippen LogP contribution is -2.26. The second-order valence-corrected chi connectivity index (χ2v) is 4.67. The second kappa shape index (κ2) is 5.24. The topological polar surface area (TPSA) is 85.1 Å². The third-order valence-corrected chi connectivity index (χ3v) is 3.14. The molecule has 0 saturated heterocycles. The number of carbonyl (C=O) groups is 1. The molecule has 0 radical (unpaired) electrons. The van der Waals surface area contributed by atoms with E-state index in [1.165, 1.54) is 10.6 Å². The zero-order valence-electron chi connectivity index (χ0n) is 11.5. The van der Waals surface area contributed by atoms with E-state index in [0.717, 1.165) is 5.69 Å². The second-order valence-electron chi connectivity index (χ2n) is 4.67. The molecule has 0 spiro atoms. The van der Waals surface area contributed by atoms with E-state index in [4.69, 9.17) is 0 Å². The predicted octanol–water partition coefficient (Wildman–Crippen LogP) is 1.31. The lowest BCUT2D eigenvalue weighted by Gasteiger charge is -2.13. The molecule has 0 aliphatic carbocycles. The summed E-state index contributed by atoms with van der Waals surface area (Å²) in [5, 5.41) is 9.22. The zero-order valence-corrected chi connectivity index (χ0v) is 11.5. The lowest BCUT2D eigenvalue weighted by atomic mass is 10.1. The van der Waals surface area contributed by atoms with Crippen molar-refractivity contribution in [1.29, 1.82) is 0 Å². The maximum Gasteiger partial charge on any atom is 0.337 e. The van der Waals surface area contributed by atoms with E-state index in [1.807, 2.05) is 6.92 Å². The number of carboxylic acids is 1. The highest BCUT2D eigenvalue weighted by Crippen LogP contribution is 2.12. The maximum absolute atomic E-state index is 12.0. The van der Waals surface area contributed by atoms with Crippen LogP contribution in [0.25, 0.3) is 0 Å². The average molecular weight is 273 g/mol. The van der Waals surface area contributed by atoms with E-state index in [2.05, 4.69) is 9.97 Å². The Morgan fingerprint density at radius 3 is 2.50 bits per heavy atom. The van der Waals surface area contributed by atoms with E-state index < -0.39 is 5.97 Å². The molecular formula is C14H15N3O3. The lowest BCUT2D eigenvalue weighted by molar-refractivity contribution is 0.0694. The highest BCUT2D eigenvalue weighted by atomic mass is 16.4. The van der Waals surface area contributed by atoms with Gasteiger partial charge in [0.25, 0.3) is 5.56 Å². The van der Waals surface area contributed by atoms with E-state index in [-0.39, 0.29) is 17.7 Å². The fraction of sp³-hybridized carbons (Fsp3) is 0.286. The van der Waals surface area contributed by atoms with Gasteiger partial charge < -0.3 is 9.67 Å². The van der Waals surface area contributed by atoms with Gasteiger partial charge in [0, 0.05) is 18.0 Å². The highest BCUT2D eigenvalue weighted by molar-refractivity contribution is 5.90. The zero-order chi connectivity index (χ0) is 14.9. The van der Waals surface area contributed by atoms with Crippen molar-refractivity contribution in [2.24, 2.45) is 0 Å². The fourth-order valence-corrected chi connectivity index (χ4v) is 2.10. The molecule has 0 aliphatic heterocycles. The van der Waals surface area contributed by atoms with Crippen LogP contribution in [-0.4, -0.2) is 25.6 Å².